The second kappa shape index (κ2) is 4.93. The Balaban J connectivity index is 2.86. The molecule has 5 nitrogen and oxygen atoms in total. The van der Waals surface area contributed by atoms with Gasteiger partial charge in [0, 0.05) is 5.92 Å². The molecule has 0 aromatic heterocycles. The van der Waals surface area contributed by atoms with Crippen molar-refractivity contribution in [3.05, 3.63) is 12.7 Å². The first-order valence-electron chi connectivity index (χ1n) is 4.65. The Labute approximate surface area is 87.7 Å². The zero-order chi connectivity index (χ0) is 11.4. The van der Waals surface area contributed by atoms with Crippen molar-refractivity contribution in [2.75, 3.05) is 13.7 Å². The van der Waals surface area contributed by atoms with Gasteiger partial charge in [0.1, 0.15) is 6.10 Å². The molecule has 0 amide bonds. The normalized spacial score (nSPS) is 29.7. The highest BCUT2D eigenvalue weighted by Gasteiger charge is 2.48. The van der Waals surface area contributed by atoms with Crippen molar-refractivity contribution in [2.24, 2.45) is 11.8 Å². The molecular formula is C10H14O5. The lowest BCUT2D eigenvalue weighted by Gasteiger charge is -2.15. The molecule has 1 N–H and O–H groups in total. The SMILES string of the molecule is C=CC[C@@H]1[C@@H](C(=O)OC)C(=O)O[C@@H]1CO. The first kappa shape index (κ1) is 11.7. The summed E-state index contributed by atoms with van der Waals surface area (Å²) in [6, 6.07) is 0. The van der Waals surface area contributed by atoms with Gasteiger partial charge < -0.3 is 14.6 Å². The minimum absolute atomic E-state index is 0.294. The third-order valence-corrected chi connectivity index (χ3v) is 2.50. The van der Waals surface area contributed by atoms with Crippen LogP contribution in [0.15, 0.2) is 12.7 Å². The zero-order valence-corrected chi connectivity index (χ0v) is 8.51. The molecule has 1 saturated heterocycles. The molecule has 0 aromatic carbocycles. The summed E-state index contributed by atoms with van der Waals surface area (Å²) in [7, 11) is 1.22. The van der Waals surface area contributed by atoms with E-state index in [2.05, 4.69) is 11.3 Å². The van der Waals surface area contributed by atoms with Crippen LogP contribution in [0.3, 0.4) is 0 Å². The highest BCUT2D eigenvalue weighted by Crippen LogP contribution is 2.32. The molecule has 0 aromatic rings. The van der Waals surface area contributed by atoms with Crippen molar-refractivity contribution in [3.63, 3.8) is 0 Å². The first-order chi connectivity index (χ1) is 7.15. The third-order valence-electron chi connectivity index (χ3n) is 2.50. The Hall–Kier alpha value is -1.36. The van der Waals surface area contributed by atoms with Crippen molar-refractivity contribution in [2.45, 2.75) is 12.5 Å². The molecule has 1 aliphatic heterocycles. The number of rotatable bonds is 4. The van der Waals surface area contributed by atoms with Crippen LogP contribution < -0.4 is 0 Å². The van der Waals surface area contributed by atoms with E-state index in [1.807, 2.05) is 0 Å². The van der Waals surface area contributed by atoms with Crippen LogP contribution in [0.2, 0.25) is 0 Å². The van der Waals surface area contributed by atoms with Crippen molar-refractivity contribution in [3.8, 4) is 0 Å². The van der Waals surface area contributed by atoms with E-state index in [-0.39, 0.29) is 12.5 Å². The summed E-state index contributed by atoms with van der Waals surface area (Å²) >= 11 is 0. The molecule has 0 spiro atoms. The number of esters is 2. The molecule has 5 heteroatoms. The van der Waals surface area contributed by atoms with Gasteiger partial charge >= 0.3 is 11.9 Å². The fourth-order valence-corrected chi connectivity index (χ4v) is 1.75. The maximum atomic E-state index is 11.4. The average molecular weight is 214 g/mol. The molecule has 0 radical (unpaired) electrons. The van der Waals surface area contributed by atoms with Gasteiger partial charge in [0.25, 0.3) is 0 Å². The monoisotopic (exact) mass is 214 g/mol. The Morgan fingerprint density at radius 2 is 2.40 bits per heavy atom. The summed E-state index contributed by atoms with van der Waals surface area (Å²) in [4.78, 5) is 22.7. The highest BCUT2D eigenvalue weighted by atomic mass is 16.6. The number of carbonyl (C=O) groups is 2. The first-order valence-corrected chi connectivity index (χ1v) is 4.65. The maximum absolute atomic E-state index is 11.4. The van der Waals surface area contributed by atoms with E-state index in [1.54, 1.807) is 6.08 Å². The molecule has 3 atom stereocenters. The quantitative estimate of drug-likeness (QED) is 0.401. The van der Waals surface area contributed by atoms with Gasteiger partial charge in [-0.3, -0.25) is 9.59 Å². The molecule has 0 aliphatic carbocycles. The van der Waals surface area contributed by atoms with Crippen molar-refractivity contribution in [1.82, 2.24) is 0 Å². The van der Waals surface area contributed by atoms with Gasteiger partial charge in [0.15, 0.2) is 5.92 Å². The molecule has 1 rings (SSSR count). The number of aliphatic hydroxyl groups excluding tert-OH is 1. The highest BCUT2D eigenvalue weighted by molar-refractivity contribution is 5.96. The summed E-state index contributed by atoms with van der Waals surface area (Å²) in [6.45, 7) is 3.24. The fourth-order valence-electron chi connectivity index (χ4n) is 1.75. The number of hydrogen-bond acceptors (Lipinski definition) is 5. The van der Waals surface area contributed by atoms with E-state index in [0.29, 0.717) is 6.42 Å². The fraction of sp³-hybridized carbons (Fsp3) is 0.600. The third kappa shape index (κ3) is 2.18. The van der Waals surface area contributed by atoms with Crippen LogP contribution in [0.25, 0.3) is 0 Å². The van der Waals surface area contributed by atoms with E-state index in [4.69, 9.17) is 9.84 Å². The Morgan fingerprint density at radius 1 is 1.73 bits per heavy atom. The summed E-state index contributed by atoms with van der Waals surface area (Å²) in [5.41, 5.74) is 0. The second-order valence-electron chi connectivity index (χ2n) is 3.35. The summed E-state index contributed by atoms with van der Waals surface area (Å²) in [5, 5.41) is 8.99. The van der Waals surface area contributed by atoms with Gasteiger partial charge in [-0.2, -0.15) is 0 Å². The number of ether oxygens (including phenoxy) is 2. The van der Waals surface area contributed by atoms with Crippen molar-refractivity contribution < 1.29 is 24.2 Å². The second-order valence-corrected chi connectivity index (χ2v) is 3.35. The lowest BCUT2D eigenvalue weighted by molar-refractivity contribution is -0.155. The standard InChI is InChI=1S/C10H14O5/c1-3-4-6-7(5-11)15-10(13)8(6)9(12)14-2/h3,6-8,11H,1,4-5H2,2H3/t6-,7+,8-/m0/s1. The zero-order valence-electron chi connectivity index (χ0n) is 8.51. The number of allylic oxidation sites excluding steroid dienone is 1. The maximum Gasteiger partial charge on any atom is 0.321 e. The van der Waals surface area contributed by atoms with E-state index in [0.717, 1.165) is 0 Å². The predicted molar refractivity (Wildman–Crippen MR) is 50.8 cm³/mol. The minimum atomic E-state index is -0.940. The van der Waals surface area contributed by atoms with E-state index >= 15 is 0 Å². The molecular weight excluding hydrogens is 200 g/mol. The lowest BCUT2D eigenvalue weighted by atomic mass is 9.88. The smallest absolute Gasteiger partial charge is 0.321 e. The molecule has 1 aliphatic rings. The lowest BCUT2D eigenvalue weighted by Crippen LogP contribution is -2.29. The Bertz CT molecular complexity index is 273. The number of carbonyl (C=O) groups excluding carboxylic acids is 2. The number of aliphatic hydroxyl groups is 1. The molecule has 1 fully saturated rings. The van der Waals surface area contributed by atoms with Crippen molar-refractivity contribution >= 4 is 11.9 Å². The van der Waals surface area contributed by atoms with Crippen molar-refractivity contribution in [1.29, 1.82) is 0 Å². The van der Waals surface area contributed by atoms with Gasteiger partial charge in [-0.25, -0.2) is 0 Å². The van der Waals surface area contributed by atoms with Crippen LogP contribution >= 0.6 is 0 Å². The average Bonchev–Trinajstić information content (AvgIpc) is 2.54. The molecule has 84 valence electrons. The minimum Gasteiger partial charge on any atom is -0.468 e. The van der Waals surface area contributed by atoms with Gasteiger partial charge in [-0.05, 0) is 6.42 Å². The molecule has 1 heterocycles. The molecule has 0 unspecified atom stereocenters. The number of methoxy groups -OCH3 is 1. The van der Waals surface area contributed by atoms with Gasteiger partial charge in [0.2, 0.25) is 0 Å². The number of cyclic esters (lactones) is 1. The van der Waals surface area contributed by atoms with Crippen LogP contribution in [0.5, 0.6) is 0 Å². The summed E-state index contributed by atoms with van der Waals surface area (Å²) in [6.07, 6.45) is 1.38. The number of hydrogen-bond donors (Lipinski definition) is 1. The van der Waals surface area contributed by atoms with Gasteiger partial charge in [0.05, 0.1) is 13.7 Å². The van der Waals surface area contributed by atoms with Crippen LogP contribution in [0.4, 0.5) is 0 Å². The summed E-state index contributed by atoms with van der Waals surface area (Å²) in [5.74, 6) is -2.58. The molecule has 0 bridgehead atoms. The Morgan fingerprint density at radius 3 is 2.87 bits per heavy atom. The van der Waals surface area contributed by atoms with Gasteiger partial charge in [-0.15, -0.1) is 6.58 Å². The topological polar surface area (TPSA) is 72.8 Å². The molecule has 15 heavy (non-hydrogen) atoms. The largest absolute Gasteiger partial charge is 0.468 e. The van der Waals surface area contributed by atoms with E-state index in [9.17, 15) is 9.59 Å². The van der Waals surface area contributed by atoms with Crippen LogP contribution in [0.1, 0.15) is 6.42 Å². The van der Waals surface area contributed by atoms with E-state index in [1.165, 1.54) is 7.11 Å². The van der Waals surface area contributed by atoms with Crippen LogP contribution in [-0.2, 0) is 19.1 Å². The summed E-state index contributed by atoms with van der Waals surface area (Å²) < 4.78 is 9.39. The van der Waals surface area contributed by atoms with Crippen LogP contribution in [0, 0.1) is 11.8 Å². The predicted octanol–water partition coefficient (Wildman–Crippen LogP) is -0.114. The molecule has 0 saturated carbocycles. The van der Waals surface area contributed by atoms with E-state index < -0.39 is 24.0 Å². The van der Waals surface area contributed by atoms with Crippen LogP contribution in [-0.4, -0.2) is 36.9 Å². The Kier molecular flexibility index (Phi) is 3.85. The van der Waals surface area contributed by atoms with Gasteiger partial charge in [-0.1, -0.05) is 6.08 Å².